The topological polar surface area (TPSA) is 57.2 Å². The molecule has 0 aliphatic carbocycles. The van der Waals surface area contributed by atoms with Crippen molar-refractivity contribution in [3.8, 4) is 0 Å². The van der Waals surface area contributed by atoms with Gasteiger partial charge < -0.3 is 0 Å². The minimum absolute atomic E-state index is 0. The van der Waals surface area contributed by atoms with Crippen molar-refractivity contribution >= 4 is 27.3 Å². The van der Waals surface area contributed by atoms with Gasteiger partial charge in [0.05, 0.1) is 0 Å². The Balaban J connectivity index is 0. The van der Waals surface area contributed by atoms with E-state index in [-0.39, 0.29) is 27.3 Å². The average Bonchev–Trinajstić information content (AvgIpc) is 0.811. The standard InChI is InChI=1S/3O.Tl.V/q;;-1;+1;. The molecule has 0 unspecified atom stereocenters. The predicted octanol–water partition coefficient (Wildman–Crippen LogP) is -1.81. The van der Waals surface area contributed by atoms with E-state index in [1.807, 2.05) is 0 Å². The molecule has 3 nitrogen and oxygen atoms in total. The third-order valence-corrected chi connectivity index (χ3v) is 0. The van der Waals surface area contributed by atoms with Gasteiger partial charge in [-0.15, -0.1) is 0 Å². The van der Waals surface area contributed by atoms with Crippen LogP contribution in [0, 0.1) is 0 Å². The molecule has 0 bridgehead atoms. The zero-order valence-corrected chi connectivity index (χ0v) is 8.13. The summed E-state index contributed by atoms with van der Waals surface area (Å²) in [5, 5.41) is 0. The van der Waals surface area contributed by atoms with Gasteiger partial charge in [0.15, 0.2) is 0 Å². The predicted molar refractivity (Wildman–Crippen MR) is 7.13 cm³/mol. The summed E-state index contributed by atoms with van der Waals surface area (Å²) in [4.78, 5) is 0. The van der Waals surface area contributed by atoms with Crippen LogP contribution in [0.25, 0.3) is 0 Å². The van der Waals surface area contributed by atoms with Gasteiger partial charge in [-0.1, -0.05) is 0 Å². The molecule has 0 rings (SSSR count). The van der Waals surface area contributed by atoms with Gasteiger partial charge in [-0.05, 0) is 0 Å². The second-order valence-corrected chi connectivity index (χ2v) is 0.922. The molecule has 0 aliphatic heterocycles. The van der Waals surface area contributed by atoms with Crippen LogP contribution in [0.1, 0.15) is 0 Å². The van der Waals surface area contributed by atoms with Crippen molar-refractivity contribution in [2.75, 3.05) is 0 Å². The largest absolute Gasteiger partial charge is 1.00 e. The molecule has 0 aliphatic rings. The summed E-state index contributed by atoms with van der Waals surface area (Å²) < 4.78 is 25.7. The van der Waals surface area contributed by atoms with Crippen LogP contribution in [-0.4, -0.2) is 27.3 Å². The SMILES string of the molecule is [O]=[V](=[O])[O-].[Tl+]. The van der Waals surface area contributed by atoms with Gasteiger partial charge in [-0.25, -0.2) is 0 Å². The first-order chi connectivity index (χ1) is 1.73. The van der Waals surface area contributed by atoms with Gasteiger partial charge in [0.25, 0.3) is 0 Å². The van der Waals surface area contributed by atoms with Crippen molar-refractivity contribution in [1.29, 1.82) is 0 Å². The van der Waals surface area contributed by atoms with E-state index in [9.17, 15) is 0 Å². The molecule has 0 aromatic rings. The van der Waals surface area contributed by atoms with Gasteiger partial charge in [-0.3, -0.25) is 0 Å². The molecule has 0 saturated heterocycles. The zero-order valence-electron chi connectivity index (χ0n) is 2.25. The molecule has 5 heavy (non-hydrogen) atoms. The summed E-state index contributed by atoms with van der Waals surface area (Å²) in [6.07, 6.45) is 0. The van der Waals surface area contributed by atoms with Crippen molar-refractivity contribution in [2.24, 2.45) is 0 Å². The summed E-state index contributed by atoms with van der Waals surface area (Å²) in [5.74, 6) is 0. The summed E-state index contributed by atoms with van der Waals surface area (Å²) in [6, 6.07) is 0. The van der Waals surface area contributed by atoms with Crippen LogP contribution in [0.15, 0.2) is 0 Å². The summed E-state index contributed by atoms with van der Waals surface area (Å²) >= 11 is -3.94. The van der Waals surface area contributed by atoms with Crippen molar-refractivity contribution < 1.29 is 26.8 Å². The number of rotatable bonds is 0. The maximum atomic E-state index is 8.56. The molecule has 0 aromatic heterocycles. The Bertz CT molecular complexity index is 55.3. The third-order valence-electron chi connectivity index (χ3n) is 0. The monoisotopic (exact) mass is 304 g/mol. The second-order valence-electron chi connectivity index (χ2n) is 0.224. The van der Waals surface area contributed by atoms with Crippen LogP contribution in [-0.2, 0) is 22.7 Å². The van der Waals surface area contributed by atoms with E-state index in [4.69, 9.17) is 11.4 Å². The average molecular weight is 303 g/mol. The van der Waals surface area contributed by atoms with Gasteiger partial charge in [0.1, 0.15) is 0 Å². The molecule has 0 radical (unpaired) electrons. The molecule has 0 spiro atoms. The Morgan fingerprint density at radius 3 is 1.40 bits per heavy atom. The van der Waals surface area contributed by atoms with Crippen LogP contribution in [0.5, 0.6) is 0 Å². The zero-order chi connectivity index (χ0) is 3.58. The molecule has 0 atom stereocenters. The molecule has 0 N–H and O–H groups in total. The first kappa shape index (κ1) is 9.42. The molecular weight excluding hydrogens is 303 g/mol. The van der Waals surface area contributed by atoms with Crippen molar-refractivity contribution in [2.45, 2.75) is 0 Å². The van der Waals surface area contributed by atoms with Crippen LogP contribution in [0.4, 0.5) is 0 Å². The molecule has 5 heteroatoms. The molecule has 0 heterocycles. The Kier molecular flexibility index (Phi) is 9.54. The molecule has 0 aromatic carbocycles. The first-order valence-corrected chi connectivity index (χ1v) is 2.26. The Labute approximate surface area is 53.9 Å². The fraction of sp³-hybridized carbons (Fsp3) is 0. The van der Waals surface area contributed by atoms with E-state index in [0.717, 1.165) is 0 Å². The maximum Gasteiger partial charge on any atom is 1.00 e. The van der Waals surface area contributed by atoms with Gasteiger partial charge >= 0.3 is 54.1 Å². The maximum absolute atomic E-state index is 8.56. The van der Waals surface area contributed by atoms with E-state index in [0.29, 0.717) is 0 Å². The van der Waals surface area contributed by atoms with Crippen molar-refractivity contribution in [3.63, 3.8) is 0 Å². The normalized spacial score (nSPS) is 5.00. The fourth-order valence-electron chi connectivity index (χ4n) is 0. The van der Waals surface area contributed by atoms with E-state index in [1.54, 1.807) is 0 Å². The van der Waals surface area contributed by atoms with Crippen molar-refractivity contribution in [1.82, 2.24) is 0 Å². The minimum atomic E-state index is -3.94. The summed E-state index contributed by atoms with van der Waals surface area (Å²) in [5.41, 5.74) is 0. The summed E-state index contributed by atoms with van der Waals surface area (Å²) in [6.45, 7) is 0. The molecule has 0 amide bonds. The van der Waals surface area contributed by atoms with Crippen LogP contribution >= 0.6 is 0 Å². The first-order valence-electron chi connectivity index (χ1n) is 0.548. The minimum Gasteiger partial charge on any atom is 1.00 e. The van der Waals surface area contributed by atoms with E-state index in [2.05, 4.69) is 0 Å². The van der Waals surface area contributed by atoms with Gasteiger partial charge in [0.2, 0.25) is 0 Å². The quantitative estimate of drug-likeness (QED) is 0.496. The molecule has 0 saturated carbocycles. The molecule has 26 valence electrons. The number of hydrogen-bond acceptors (Lipinski definition) is 3. The summed E-state index contributed by atoms with van der Waals surface area (Å²) in [7, 11) is 0. The fourth-order valence-corrected chi connectivity index (χ4v) is 0. The Morgan fingerprint density at radius 2 is 1.40 bits per heavy atom. The van der Waals surface area contributed by atoms with E-state index >= 15 is 0 Å². The van der Waals surface area contributed by atoms with Gasteiger partial charge in [-0.2, -0.15) is 0 Å². The van der Waals surface area contributed by atoms with Crippen LogP contribution in [0.3, 0.4) is 0 Å². The molecule has 0 fully saturated rings. The second kappa shape index (κ2) is 5.07. The molecular formula is O3TlV. The van der Waals surface area contributed by atoms with E-state index in [1.165, 1.54) is 0 Å². The van der Waals surface area contributed by atoms with Crippen molar-refractivity contribution in [3.05, 3.63) is 0 Å². The Morgan fingerprint density at radius 1 is 1.40 bits per heavy atom. The number of hydrogen-bond donors (Lipinski definition) is 0. The third kappa shape index (κ3) is 41.9. The van der Waals surface area contributed by atoms with Crippen LogP contribution in [0.2, 0.25) is 0 Å². The van der Waals surface area contributed by atoms with Gasteiger partial charge in [0, 0.05) is 0 Å². The van der Waals surface area contributed by atoms with Crippen LogP contribution < -0.4 is 4.03 Å². The Hall–Kier alpha value is 1.07. The smallest absolute Gasteiger partial charge is 1.00 e. The van der Waals surface area contributed by atoms with E-state index < -0.39 is 15.4 Å².